The Morgan fingerprint density at radius 3 is 2.65 bits per heavy atom. The highest BCUT2D eigenvalue weighted by Gasteiger charge is 2.12. The molecule has 104 valence electrons. The molecular formula is C17H17Br2N. The van der Waals surface area contributed by atoms with E-state index < -0.39 is 0 Å². The molecule has 0 spiro atoms. The maximum absolute atomic E-state index is 3.60. The summed E-state index contributed by atoms with van der Waals surface area (Å²) in [6, 6.07) is 13.0. The first-order valence-corrected chi connectivity index (χ1v) is 8.61. The lowest BCUT2D eigenvalue weighted by Gasteiger charge is -2.20. The topological polar surface area (TPSA) is 12.0 Å². The van der Waals surface area contributed by atoms with Crippen molar-refractivity contribution in [1.29, 1.82) is 0 Å². The normalized spacial score (nSPS) is 13.9. The Bertz CT molecular complexity index is 622. The second-order valence-corrected chi connectivity index (χ2v) is 6.96. The Labute approximate surface area is 137 Å². The molecule has 0 saturated heterocycles. The molecule has 3 heteroatoms. The molecule has 0 fully saturated rings. The largest absolute Gasteiger partial charge is 0.381 e. The Morgan fingerprint density at radius 2 is 1.80 bits per heavy atom. The van der Waals surface area contributed by atoms with Crippen LogP contribution in [0.4, 0.5) is 5.69 Å². The van der Waals surface area contributed by atoms with E-state index in [1.807, 2.05) is 0 Å². The predicted molar refractivity (Wildman–Crippen MR) is 92.3 cm³/mol. The summed E-state index contributed by atoms with van der Waals surface area (Å²) in [5.41, 5.74) is 5.64. The van der Waals surface area contributed by atoms with Gasteiger partial charge in [0.2, 0.25) is 0 Å². The molecule has 0 amide bonds. The number of aryl methyl sites for hydroxylation is 1. The van der Waals surface area contributed by atoms with Crippen molar-refractivity contribution in [3.05, 3.63) is 62.0 Å². The summed E-state index contributed by atoms with van der Waals surface area (Å²) in [6.07, 6.45) is 5.09. The van der Waals surface area contributed by atoms with Crippen molar-refractivity contribution < 1.29 is 0 Å². The quantitative estimate of drug-likeness (QED) is 0.703. The predicted octanol–water partition coefficient (Wildman–Crippen LogP) is 5.70. The summed E-state index contributed by atoms with van der Waals surface area (Å²) in [7, 11) is 0. The highest BCUT2D eigenvalue weighted by molar-refractivity contribution is 9.13. The molecule has 0 heterocycles. The first-order chi connectivity index (χ1) is 9.74. The Kier molecular flexibility index (Phi) is 4.47. The summed E-state index contributed by atoms with van der Waals surface area (Å²) >= 11 is 7.07. The first kappa shape index (κ1) is 14.2. The van der Waals surface area contributed by atoms with Gasteiger partial charge >= 0.3 is 0 Å². The lowest BCUT2D eigenvalue weighted by molar-refractivity contribution is 0.686. The monoisotopic (exact) mass is 393 g/mol. The van der Waals surface area contributed by atoms with Crippen LogP contribution < -0.4 is 5.32 Å². The van der Waals surface area contributed by atoms with Crippen molar-refractivity contribution in [3.63, 3.8) is 0 Å². The minimum atomic E-state index is 0.863. The van der Waals surface area contributed by atoms with Crippen LogP contribution in [0.25, 0.3) is 0 Å². The molecule has 0 radical (unpaired) electrons. The Morgan fingerprint density at radius 1 is 0.950 bits per heavy atom. The van der Waals surface area contributed by atoms with Crippen molar-refractivity contribution in [2.75, 3.05) is 5.32 Å². The van der Waals surface area contributed by atoms with Crippen LogP contribution in [0.5, 0.6) is 0 Å². The lowest BCUT2D eigenvalue weighted by Crippen LogP contribution is -2.08. The van der Waals surface area contributed by atoms with E-state index in [-0.39, 0.29) is 0 Å². The number of anilines is 1. The maximum Gasteiger partial charge on any atom is 0.0401 e. The van der Waals surface area contributed by atoms with Gasteiger partial charge in [-0.3, -0.25) is 0 Å². The number of hydrogen-bond donors (Lipinski definition) is 1. The molecule has 3 rings (SSSR count). The van der Waals surface area contributed by atoms with Gasteiger partial charge in [0, 0.05) is 21.2 Å². The van der Waals surface area contributed by atoms with Gasteiger partial charge in [-0.05, 0) is 92.4 Å². The second kappa shape index (κ2) is 6.31. The van der Waals surface area contributed by atoms with Crippen LogP contribution in [0.15, 0.2) is 45.3 Å². The number of hydrogen-bond acceptors (Lipinski definition) is 1. The van der Waals surface area contributed by atoms with Crippen molar-refractivity contribution >= 4 is 37.5 Å². The average molecular weight is 395 g/mol. The van der Waals surface area contributed by atoms with Crippen LogP contribution in [0.3, 0.4) is 0 Å². The third-order valence-electron chi connectivity index (χ3n) is 3.86. The lowest BCUT2D eigenvalue weighted by atomic mass is 9.90. The number of benzene rings is 2. The van der Waals surface area contributed by atoms with Gasteiger partial charge in [0.05, 0.1) is 0 Å². The Hall–Kier alpha value is -0.800. The molecule has 1 aliphatic rings. The fourth-order valence-corrected chi connectivity index (χ4v) is 3.47. The van der Waals surface area contributed by atoms with Crippen LogP contribution in [-0.4, -0.2) is 0 Å². The van der Waals surface area contributed by atoms with Gasteiger partial charge in [-0.2, -0.15) is 0 Å². The highest BCUT2D eigenvalue weighted by atomic mass is 79.9. The SMILES string of the molecule is Brc1ccc(CNc2cccc3c2CCCC3)cc1Br. The zero-order valence-corrected chi connectivity index (χ0v) is 14.4. The fraction of sp³-hybridized carbons (Fsp3) is 0.294. The Balaban J connectivity index is 1.76. The van der Waals surface area contributed by atoms with Gasteiger partial charge in [-0.15, -0.1) is 0 Å². The summed E-state index contributed by atoms with van der Waals surface area (Å²) in [4.78, 5) is 0. The third-order valence-corrected chi connectivity index (χ3v) is 5.74. The summed E-state index contributed by atoms with van der Waals surface area (Å²) < 4.78 is 2.20. The van der Waals surface area contributed by atoms with Crippen LogP contribution in [0, 0.1) is 0 Å². The molecule has 0 aromatic heterocycles. The van der Waals surface area contributed by atoms with Crippen molar-refractivity contribution in [3.8, 4) is 0 Å². The van der Waals surface area contributed by atoms with Gasteiger partial charge in [-0.25, -0.2) is 0 Å². The molecule has 1 N–H and O–H groups in total. The summed E-state index contributed by atoms with van der Waals surface area (Å²) in [6.45, 7) is 0.863. The van der Waals surface area contributed by atoms with Gasteiger partial charge in [0.1, 0.15) is 0 Å². The zero-order chi connectivity index (χ0) is 13.9. The van der Waals surface area contributed by atoms with E-state index >= 15 is 0 Å². The molecule has 0 bridgehead atoms. The summed E-state index contributed by atoms with van der Waals surface area (Å²) in [5, 5.41) is 3.60. The zero-order valence-electron chi connectivity index (χ0n) is 11.3. The molecule has 0 atom stereocenters. The van der Waals surface area contributed by atoms with Crippen LogP contribution in [-0.2, 0) is 19.4 Å². The molecule has 20 heavy (non-hydrogen) atoms. The number of nitrogens with one attached hydrogen (secondary N) is 1. The van der Waals surface area contributed by atoms with E-state index in [4.69, 9.17) is 0 Å². The molecule has 1 aliphatic carbocycles. The first-order valence-electron chi connectivity index (χ1n) is 7.02. The van der Waals surface area contributed by atoms with Crippen LogP contribution in [0.1, 0.15) is 29.5 Å². The van der Waals surface area contributed by atoms with Crippen LogP contribution in [0.2, 0.25) is 0 Å². The minimum Gasteiger partial charge on any atom is -0.381 e. The van der Waals surface area contributed by atoms with Gasteiger partial charge in [0.15, 0.2) is 0 Å². The molecule has 0 saturated carbocycles. The fourth-order valence-electron chi connectivity index (χ4n) is 2.79. The second-order valence-electron chi connectivity index (χ2n) is 5.25. The maximum atomic E-state index is 3.60. The molecule has 2 aromatic carbocycles. The number of halogens is 2. The summed E-state index contributed by atoms with van der Waals surface area (Å²) in [5.74, 6) is 0. The molecular weight excluding hydrogens is 378 g/mol. The third kappa shape index (κ3) is 3.09. The van der Waals surface area contributed by atoms with E-state index in [1.165, 1.54) is 48.1 Å². The van der Waals surface area contributed by atoms with Crippen molar-refractivity contribution in [1.82, 2.24) is 0 Å². The standard InChI is InChI=1S/C17H17Br2N/c18-15-9-8-12(10-16(15)19)11-20-17-7-3-5-13-4-1-2-6-14(13)17/h3,5,7-10,20H,1-2,4,6,11H2. The number of fused-ring (bicyclic) bond motifs is 1. The van der Waals surface area contributed by atoms with E-state index in [9.17, 15) is 0 Å². The minimum absolute atomic E-state index is 0.863. The van der Waals surface area contributed by atoms with Crippen LogP contribution >= 0.6 is 31.9 Å². The smallest absolute Gasteiger partial charge is 0.0401 e. The van der Waals surface area contributed by atoms with E-state index in [1.54, 1.807) is 0 Å². The molecule has 1 nitrogen and oxygen atoms in total. The van der Waals surface area contributed by atoms with E-state index in [2.05, 4.69) is 73.6 Å². The van der Waals surface area contributed by atoms with E-state index in [0.717, 1.165) is 15.5 Å². The van der Waals surface area contributed by atoms with Gasteiger partial charge < -0.3 is 5.32 Å². The highest BCUT2D eigenvalue weighted by Crippen LogP contribution is 2.29. The van der Waals surface area contributed by atoms with Crippen molar-refractivity contribution in [2.45, 2.75) is 32.2 Å². The van der Waals surface area contributed by atoms with Gasteiger partial charge in [0.25, 0.3) is 0 Å². The van der Waals surface area contributed by atoms with Crippen molar-refractivity contribution in [2.24, 2.45) is 0 Å². The average Bonchev–Trinajstić information content (AvgIpc) is 2.48. The van der Waals surface area contributed by atoms with E-state index in [0.29, 0.717) is 0 Å². The molecule has 2 aromatic rings. The molecule has 0 unspecified atom stereocenters. The number of rotatable bonds is 3. The van der Waals surface area contributed by atoms with Gasteiger partial charge in [-0.1, -0.05) is 18.2 Å². The molecule has 0 aliphatic heterocycles.